The lowest BCUT2D eigenvalue weighted by Gasteiger charge is -2.36. The number of benzene rings is 1. The third-order valence-electron chi connectivity index (χ3n) is 5.73. The maximum absolute atomic E-state index is 14.1. The molecule has 2 amide bonds. The maximum atomic E-state index is 14.1. The summed E-state index contributed by atoms with van der Waals surface area (Å²) in [5.74, 6) is 0.730. The number of rotatable bonds is 3. The van der Waals surface area contributed by atoms with Crippen molar-refractivity contribution in [3.8, 4) is 17.1 Å². The molecule has 8 heteroatoms. The summed E-state index contributed by atoms with van der Waals surface area (Å²) in [6.45, 7) is 0. The minimum Gasteiger partial charge on any atom is -0.496 e. The van der Waals surface area contributed by atoms with Crippen LogP contribution in [0.15, 0.2) is 47.5 Å². The molecule has 0 spiro atoms. The normalized spacial score (nSPS) is 19.7. The van der Waals surface area contributed by atoms with E-state index in [2.05, 4.69) is 15.3 Å². The highest BCUT2D eigenvalue weighted by atomic mass is 19.1. The first kappa shape index (κ1) is 17.7. The second-order valence-electron chi connectivity index (χ2n) is 7.24. The van der Waals surface area contributed by atoms with Crippen molar-refractivity contribution in [3.63, 3.8) is 0 Å². The van der Waals surface area contributed by atoms with Crippen LogP contribution in [0.2, 0.25) is 0 Å². The number of hydrogen-bond acceptors (Lipinski definition) is 5. The van der Waals surface area contributed by atoms with Crippen molar-refractivity contribution >= 4 is 11.7 Å². The summed E-state index contributed by atoms with van der Waals surface area (Å²) in [4.78, 5) is 22.6. The van der Waals surface area contributed by atoms with Crippen molar-refractivity contribution < 1.29 is 18.3 Å². The minimum atomic E-state index is -0.424. The quantitative estimate of drug-likeness (QED) is 0.674. The van der Waals surface area contributed by atoms with Gasteiger partial charge in [0.15, 0.2) is 12.2 Å². The Hall–Kier alpha value is -3.42. The smallest absolute Gasteiger partial charge is 0.322 e. The van der Waals surface area contributed by atoms with Gasteiger partial charge in [0.1, 0.15) is 5.75 Å². The van der Waals surface area contributed by atoms with Crippen molar-refractivity contribution in [1.82, 2.24) is 14.9 Å². The molecule has 29 heavy (non-hydrogen) atoms. The lowest BCUT2D eigenvalue weighted by molar-refractivity contribution is 0.178. The topological polar surface area (TPSA) is 80.5 Å². The number of carbonyl (C=O) groups excluding carboxylic acids is 1. The van der Waals surface area contributed by atoms with Gasteiger partial charge in [-0.1, -0.05) is 0 Å². The predicted octanol–water partition coefficient (Wildman–Crippen LogP) is 4.18. The molecule has 2 aromatic heterocycles. The molecule has 0 saturated carbocycles. The number of amides is 2. The van der Waals surface area contributed by atoms with Crippen LogP contribution in [0.5, 0.6) is 5.75 Å². The highest BCUT2D eigenvalue weighted by molar-refractivity contribution is 5.91. The van der Waals surface area contributed by atoms with Crippen LogP contribution < -0.4 is 10.1 Å². The summed E-state index contributed by atoms with van der Waals surface area (Å²) in [6, 6.07) is 6.82. The van der Waals surface area contributed by atoms with Crippen LogP contribution in [0.4, 0.5) is 14.9 Å². The van der Waals surface area contributed by atoms with Crippen LogP contribution in [0.3, 0.4) is 0 Å². The van der Waals surface area contributed by atoms with Crippen LogP contribution in [-0.4, -0.2) is 34.1 Å². The van der Waals surface area contributed by atoms with Crippen molar-refractivity contribution in [2.24, 2.45) is 0 Å². The van der Waals surface area contributed by atoms with Gasteiger partial charge < -0.3 is 19.4 Å². The minimum absolute atomic E-state index is 0.0263. The molecule has 2 bridgehead atoms. The molecule has 1 saturated heterocycles. The number of halogens is 1. The SMILES string of the molecule is COc1cc(NC(=O)N2[C@H]3CC[C@@H]2c2ccnc(F)c2C3)ccc1-c1cnco1. The molecule has 0 unspecified atom stereocenters. The van der Waals surface area contributed by atoms with E-state index >= 15 is 0 Å². The van der Waals surface area contributed by atoms with Crippen molar-refractivity contribution in [2.45, 2.75) is 31.3 Å². The molecule has 4 heterocycles. The molecular weight excluding hydrogens is 375 g/mol. The Balaban J connectivity index is 1.40. The summed E-state index contributed by atoms with van der Waals surface area (Å²) in [5.41, 5.74) is 2.86. The number of oxazole rings is 1. The standard InChI is InChI=1S/C21H19FN4O3/c1-28-18-8-12(2-4-15(18)19-10-23-11-29-19)25-21(27)26-13-3-5-17(26)14-6-7-24-20(22)16(14)9-13/h2,4,6-8,10-11,13,17H,3,5,9H2,1H3,(H,25,27)/t13-,17+/m0/s1. The van der Waals surface area contributed by atoms with Gasteiger partial charge in [-0.3, -0.25) is 0 Å². The lowest BCUT2D eigenvalue weighted by atomic mass is 9.95. The number of pyridine rings is 1. The van der Waals surface area contributed by atoms with Crippen molar-refractivity contribution in [3.05, 3.63) is 60.1 Å². The molecule has 5 rings (SSSR count). The zero-order valence-electron chi connectivity index (χ0n) is 15.8. The number of hydrogen-bond donors (Lipinski definition) is 1. The molecule has 1 fully saturated rings. The number of carbonyl (C=O) groups is 1. The molecule has 148 valence electrons. The van der Waals surface area contributed by atoms with Gasteiger partial charge in [-0.25, -0.2) is 14.8 Å². The molecule has 0 radical (unpaired) electrons. The number of nitrogens with zero attached hydrogens (tertiary/aromatic N) is 3. The average Bonchev–Trinajstić information content (AvgIpc) is 3.36. The van der Waals surface area contributed by atoms with Gasteiger partial charge in [-0.15, -0.1) is 0 Å². The first-order valence-corrected chi connectivity index (χ1v) is 9.45. The fourth-order valence-electron chi connectivity index (χ4n) is 4.44. The number of fused-ring (bicyclic) bond motifs is 4. The second kappa shape index (κ2) is 6.88. The first-order valence-electron chi connectivity index (χ1n) is 9.45. The predicted molar refractivity (Wildman–Crippen MR) is 103 cm³/mol. The van der Waals surface area contributed by atoms with E-state index in [4.69, 9.17) is 9.15 Å². The Kier molecular flexibility index (Phi) is 4.19. The number of aromatic nitrogens is 2. The van der Waals surface area contributed by atoms with E-state index in [9.17, 15) is 9.18 Å². The summed E-state index contributed by atoms with van der Waals surface area (Å²) in [7, 11) is 1.56. The molecule has 2 aliphatic rings. The molecule has 0 aliphatic carbocycles. The molecule has 7 nitrogen and oxygen atoms in total. The highest BCUT2D eigenvalue weighted by Crippen LogP contribution is 2.44. The van der Waals surface area contributed by atoms with Crippen LogP contribution in [0, 0.1) is 5.95 Å². The van der Waals surface area contributed by atoms with Gasteiger partial charge in [0.25, 0.3) is 0 Å². The van der Waals surface area contributed by atoms with Gasteiger partial charge in [-0.2, -0.15) is 4.39 Å². The van der Waals surface area contributed by atoms with E-state index in [-0.39, 0.29) is 18.1 Å². The van der Waals surface area contributed by atoms with Gasteiger partial charge in [0, 0.05) is 29.6 Å². The number of anilines is 1. The van der Waals surface area contributed by atoms with Gasteiger partial charge in [0.05, 0.1) is 24.9 Å². The number of methoxy groups -OCH3 is 1. The average molecular weight is 394 g/mol. The largest absolute Gasteiger partial charge is 0.496 e. The van der Waals surface area contributed by atoms with Gasteiger partial charge in [0.2, 0.25) is 5.95 Å². The number of urea groups is 1. The summed E-state index contributed by atoms with van der Waals surface area (Å²) in [5, 5.41) is 2.96. The Bertz CT molecular complexity index is 1070. The van der Waals surface area contributed by atoms with E-state index < -0.39 is 5.95 Å². The summed E-state index contributed by atoms with van der Waals surface area (Å²) < 4.78 is 24.9. The molecular formula is C21H19FN4O3. The van der Waals surface area contributed by atoms with Crippen LogP contribution in [0.1, 0.15) is 30.0 Å². The van der Waals surface area contributed by atoms with Crippen molar-refractivity contribution in [2.75, 3.05) is 12.4 Å². The van der Waals surface area contributed by atoms with Gasteiger partial charge in [-0.05, 0) is 43.0 Å². The van der Waals surface area contributed by atoms with E-state index in [0.717, 1.165) is 24.0 Å². The highest BCUT2D eigenvalue weighted by Gasteiger charge is 2.43. The second-order valence-corrected chi connectivity index (χ2v) is 7.24. The third-order valence-corrected chi connectivity index (χ3v) is 5.73. The monoisotopic (exact) mass is 394 g/mol. The van der Waals surface area contributed by atoms with Crippen molar-refractivity contribution in [1.29, 1.82) is 0 Å². The van der Waals surface area contributed by atoms with Gasteiger partial charge >= 0.3 is 6.03 Å². The van der Waals surface area contributed by atoms with E-state index in [0.29, 0.717) is 29.2 Å². The zero-order chi connectivity index (χ0) is 20.0. The molecule has 1 aromatic carbocycles. The van der Waals surface area contributed by atoms with E-state index in [1.165, 1.54) is 12.6 Å². The lowest BCUT2D eigenvalue weighted by Crippen LogP contribution is -2.44. The maximum Gasteiger partial charge on any atom is 0.322 e. The fraction of sp³-hybridized carbons (Fsp3) is 0.286. The first-order chi connectivity index (χ1) is 14.2. The number of ether oxygens (including phenoxy) is 1. The zero-order valence-corrected chi connectivity index (χ0v) is 15.8. The molecule has 3 aromatic rings. The third kappa shape index (κ3) is 2.91. The Labute approximate surface area is 166 Å². The Morgan fingerprint density at radius 1 is 1.34 bits per heavy atom. The molecule has 1 N–H and O–H groups in total. The van der Waals surface area contributed by atoms with E-state index in [1.54, 1.807) is 25.4 Å². The fourth-order valence-corrected chi connectivity index (χ4v) is 4.44. The number of nitrogens with one attached hydrogen (secondary N) is 1. The summed E-state index contributed by atoms with van der Waals surface area (Å²) >= 11 is 0. The Morgan fingerprint density at radius 2 is 2.24 bits per heavy atom. The molecule has 2 atom stereocenters. The van der Waals surface area contributed by atoms with Crippen LogP contribution in [-0.2, 0) is 6.42 Å². The molecule has 2 aliphatic heterocycles. The van der Waals surface area contributed by atoms with E-state index in [1.807, 2.05) is 17.0 Å². The summed E-state index contributed by atoms with van der Waals surface area (Å²) in [6.07, 6.45) is 6.59. The Morgan fingerprint density at radius 3 is 3.03 bits per heavy atom. The van der Waals surface area contributed by atoms with Crippen LogP contribution in [0.25, 0.3) is 11.3 Å². The van der Waals surface area contributed by atoms with Crippen LogP contribution >= 0.6 is 0 Å².